The SMILES string of the molecule is [B]C(NC(=O)S)C(CC)CCN([B])C1CC1. The van der Waals surface area contributed by atoms with Gasteiger partial charge in [0.15, 0.2) is 7.98 Å². The molecule has 0 bridgehead atoms. The first-order valence-electron chi connectivity index (χ1n) is 5.81. The van der Waals surface area contributed by atoms with E-state index >= 15 is 0 Å². The smallest absolute Gasteiger partial charge is 0.275 e. The van der Waals surface area contributed by atoms with Crippen molar-refractivity contribution in [3.63, 3.8) is 0 Å². The second-order valence-corrected chi connectivity index (χ2v) is 4.81. The summed E-state index contributed by atoms with van der Waals surface area (Å²) in [5, 5.41) is 2.23. The molecule has 3 nitrogen and oxygen atoms in total. The van der Waals surface area contributed by atoms with Crippen molar-refractivity contribution in [2.75, 3.05) is 6.54 Å². The molecule has 0 aromatic carbocycles. The van der Waals surface area contributed by atoms with E-state index in [1.165, 1.54) is 12.8 Å². The lowest BCUT2D eigenvalue weighted by Gasteiger charge is -2.26. The van der Waals surface area contributed by atoms with Crippen molar-refractivity contribution in [2.24, 2.45) is 5.92 Å². The van der Waals surface area contributed by atoms with Crippen molar-refractivity contribution < 1.29 is 4.79 Å². The van der Waals surface area contributed by atoms with Crippen LogP contribution in [0.4, 0.5) is 4.79 Å². The first-order chi connectivity index (χ1) is 7.54. The van der Waals surface area contributed by atoms with Crippen LogP contribution in [0.2, 0.25) is 0 Å². The van der Waals surface area contributed by atoms with Crippen LogP contribution in [0, 0.1) is 5.92 Å². The fourth-order valence-electron chi connectivity index (χ4n) is 1.80. The fraction of sp³-hybridized carbons (Fsp3) is 0.900. The van der Waals surface area contributed by atoms with Gasteiger partial charge in [-0.3, -0.25) is 4.79 Å². The molecule has 1 aliphatic carbocycles. The van der Waals surface area contributed by atoms with Crippen LogP contribution in [0.15, 0.2) is 0 Å². The second kappa shape index (κ2) is 6.60. The number of hydrogen-bond donors (Lipinski definition) is 2. The average Bonchev–Trinajstić information content (AvgIpc) is 3.00. The lowest BCUT2D eigenvalue weighted by molar-refractivity contribution is 0.255. The van der Waals surface area contributed by atoms with Gasteiger partial charge in [-0.05, 0) is 43.7 Å². The Morgan fingerprint density at radius 3 is 2.69 bits per heavy atom. The molecule has 4 radical (unpaired) electrons. The number of nitrogens with zero attached hydrogens (tertiary/aromatic N) is 1. The predicted molar refractivity (Wildman–Crippen MR) is 70.9 cm³/mol. The summed E-state index contributed by atoms with van der Waals surface area (Å²) in [5.74, 6) is -0.0801. The molecular formula is C10H18B2N2OS. The molecule has 1 amide bonds. The van der Waals surface area contributed by atoms with Crippen LogP contribution in [-0.2, 0) is 0 Å². The number of rotatable bonds is 7. The molecule has 0 saturated heterocycles. The molecule has 2 unspecified atom stereocenters. The summed E-state index contributed by atoms with van der Waals surface area (Å²) < 4.78 is 0. The molecular weight excluding hydrogens is 218 g/mol. The Morgan fingerprint density at radius 1 is 1.62 bits per heavy atom. The first-order valence-corrected chi connectivity index (χ1v) is 6.25. The number of hydrogen-bond acceptors (Lipinski definition) is 2. The third-order valence-electron chi connectivity index (χ3n) is 3.10. The van der Waals surface area contributed by atoms with Crippen LogP contribution < -0.4 is 5.32 Å². The van der Waals surface area contributed by atoms with Crippen LogP contribution in [0.1, 0.15) is 32.6 Å². The normalized spacial score (nSPS) is 19.4. The van der Waals surface area contributed by atoms with Gasteiger partial charge in [0.1, 0.15) is 0 Å². The van der Waals surface area contributed by atoms with Crippen molar-refractivity contribution in [3.8, 4) is 0 Å². The Balaban J connectivity index is 2.26. The Labute approximate surface area is 106 Å². The number of nitrogens with one attached hydrogen (secondary N) is 1. The predicted octanol–water partition coefficient (Wildman–Crippen LogP) is 1.08. The van der Waals surface area contributed by atoms with E-state index in [0.717, 1.165) is 19.4 Å². The Morgan fingerprint density at radius 2 is 2.25 bits per heavy atom. The minimum atomic E-state index is -0.377. The van der Waals surface area contributed by atoms with Gasteiger partial charge in [0.2, 0.25) is 0 Å². The number of amides is 1. The van der Waals surface area contributed by atoms with E-state index < -0.39 is 0 Å². The van der Waals surface area contributed by atoms with Crippen LogP contribution in [-0.4, -0.2) is 44.4 Å². The maximum absolute atomic E-state index is 10.8. The summed E-state index contributed by atoms with van der Waals surface area (Å²) in [6.45, 7) is 2.90. The molecule has 0 aliphatic heterocycles. The van der Waals surface area contributed by atoms with Gasteiger partial charge < -0.3 is 10.1 Å². The summed E-state index contributed by atoms with van der Waals surface area (Å²) in [6.07, 6.45) is 4.23. The lowest BCUT2D eigenvalue weighted by Crippen LogP contribution is -2.39. The topological polar surface area (TPSA) is 32.3 Å². The van der Waals surface area contributed by atoms with Crippen LogP contribution >= 0.6 is 12.6 Å². The minimum Gasteiger partial charge on any atom is -0.353 e. The van der Waals surface area contributed by atoms with Gasteiger partial charge >= 0.3 is 0 Å². The zero-order valence-corrected chi connectivity index (χ0v) is 10.6. The van der Waals surface area contributed by atoms with Crippen molar-refractivity contribution in [3.05, 3.63) is 0 Å². The molecule has 1 saturated carbocycles. The fourth-order valence-corrected chi connectivity index (χ4v) is 1.95. The highest BCUT2D eigenvalue weighted by atomic mass is 32.1. The molecule has 6 heteroatoms. The lowest BCUT2D eigenvalue weighted by atomic mass is 9.80. The molecule has 2 atom stereocenters. The van der Waals surface area contributed by atoms with Crippen LogP contribution in [0.25, 0.3) is 0 Å². The third-order valence-corrected chi connectivity index (χ3v) is 3.23. The average molecular weight is 236 g/mol. The van der Waals surface area contributed by atoms with E-state index in [-0.39, 0.29) is 17.1 Å². The second-order valence-electron chi connectivity index (χ2n) is 4.40. The van der Waals surface area contributed by atoms with E-state index in [0.29, 0.717) is 6.04 Å². The number of thiol groups is 1. The highest BCUT2D eigenvalue weighted by molar-refractivity contribution is 7.96. The number of carbonyl (C=O) groups is 1. The Kier molecular flexibility index (Phi) is 5.76. The van der Waals surface area contributed by atoms with Crippen molar-refractivity contribution >= 4 is 33.7 Å². The van der Waals surface area contributed by atoms with Gasteiger partial charge in [-0.1, -0.05) is 26.0 Å². The maximum Gasteiger partial charge on any atom is 0.275 e. The van der Waals surface area contributed by atoms with Crippen LogP contribution in [0.5, 0.6) is 0 Å². The summed E-state index contributed by atoms with van der Waals surface area (Å²) in [4.78, 5) is 12.7. The van der Waals surface area contributed by atoms with Crippen molar-refractivity contribution in [1.82, 2.24) is 10.1 Å². The molecule has 16 heavy (non-hydrogen) atoms. The van der Waals surface area contributed by atoms with Gasteiger partial charge in [-0.2, -0.15) is 0 Å². The van der Waals surface area contributed by atoms with Crippen LogP contribution in [0.3, 0.4) is 0 Å². The molecule has 86 valence electrons. The van der Waals surface area contributed by atoms with Gasteiger partial charge in [-0.15, -0.1) is 0 Å². The zero-order valence-electron chi connectivity index (χ0n) is 9.72. The Bertz CT molecular complexity index is 239. The van der Waals surface area contributed by atoms with E-state index in [2.05, 4.69) is 24.9 Å². The van der Waals surface area contributed by atoms with Gasteiger partial charge in [-0.25, -0.2) is 0 Å². The van der Waals surface area contributed by atoms with Gasteiger partial charge in [0.05, 0.1) is 7.85 Å². The molecule has 0 heterocycles. The highest BCUT2D eigenvalue weighted by Crippen LogP contribution is 2.25. The molecule has 0 aromatic rings. The summed E-state index contributed by atoms with van der Waals surface area (Å²) in [6, 6.07) is 0.563. The van der Waals surface area contributed by atoms with E-state index in [9.17, 15) is 4.79 Å². The van der Waals surface area contributed by atoms with E-state index in [1.54, 1.807) is 0 Å². The molecule has 0 spiro atoms. The minimum absolute atomic E-state index is 0.251. The van der Waals surface area contributed by atoms with Gasteiger partial charge in [0, 0.05) is 0 Å². The quantitative estimate of drug-likeness (QED) is 0.512. The molecule has 1 aliphatic rings. The van der Waals surface area contributed by atoms with Crippen molar-refractivity contribution in [2.45, 2.75) is 44.6 Å². The largest absolute Gasteiger partial charge is 0.353 e. The van der Waals surface area contributed by atoms with Gasteiger partial charge in [0.25, 0.3) is 5.24 Å². The highest BCUT2D eigenvalue weighted by Gasteiger charge is 2.26. The van der Waals surface area contributed by atoms with E-state index in [4.69, 9.17) is 15.8 Å². The summed E-state index contributed by atoms with van der Waals surface area (Å²) in [5.41, 5.74) is 0. The van der Waals surface area contributed by atoms with E-state index in [1.807, 2.05) is 4.81 Å². The first kappa shape index (κ1) is 14.0. The summed E-state index contributed by atoms with van der Waals surface area (Å²) in [7, 11) is 11.7. The monoisotopic (exact) mass is 236 g/mol. The maximum atomic E-state index is 10.8. The summed E-state index contributed by atoms with van der Waals surface area (Å²) >= 11 is 3.66. The standard InChI is InChI=1S/C10H18B2N2OS/c1-2-7(9(11)13-10(15)16)5-6-14(12)8-3-4-8/h7-9H,2-6H2,1H3,(H2,13,15,16). The molecule has 0 aromatic heterocycles. The zero-order chi connectivity index (χ0) is 12.1. The molecule has 1 rings (SSSR count). The van der Waals surface area contributed by atoms with Crippen molar-refractivity contribution in [1.29, 1.82) is 0 Å². The Hall–Kier alpha value is -0.0901. The molecule has 1 fully saturated rings. The number of carbonyl (C=O) groups excluding carboxylic acids is 1. The molecule has 1 N–H and O–H groups in total. The third kappa shape index (κ3) is 4.83.